The summed E-state index contributed by atoms with van der Waals surface area (Å²) in [5, 5.41) is 2.96. The second-order valence-corrected chi connectivity index (χ2v) is 5.59. The van der Waals surface area contributed by atoms with Crippen LogP contribution in [0.4, 0.5) is 0 Å². The topological polar surface area (TPSA) is 58.4 Å². The van der Waals surface area contributed by atoms with E-state index in [1.807, 2.05) is 37.3 Å². The molecule has 2 atom stereocenters. The van der Waals surface area contributed by atoms with Crippen LogP contribution in [0.15, 0.2) is 30.3 Å². The van der Waals surface area contributed by atoms with Crippen LogP contribution in [0.5, 0.6) is 0 Å². The van der Waals surface area contributed by atoms with Crippen molar-refractivity contribution in [1.82, 2.24) is 10.2 Å². The van der Waals surface area contributed by atoms with E-state index in [0.717, 1.165) is 12.1 Å². The molecule has 112 valence electrons. The van der Waals surface area contributed by atoms with Crippen molar-refractivity contribution in [3.05, 3.63) is 35.9 Å². The SMILES string of the molecule is CC(C(=O)NCCN(C)C(C)C)C(N)c1ccccc1. The van der Waals surface area contributed by atoms with Gasteiger partial charge in [0.15, 0.2) is 0 Å². The number of benzene rings is 1. The Morgan fingerprint density at radius 1 is 1.25 bits per heavy atom. The standard InChI is InChI=1S/C16H27N3O/c1-12(2)19(4)11-10-18-16(20)13(3)15(17)14-8-6-5-7-9-14/h5-9,12-13,15H,10-11,17H2,1-4H3,(H,18,20). The van der Waals surface area contributed by atoms with Crippen LogP contribution in [0, 0.1) is 5.92 Å². The molecule has 0 saturated heterocycles. The summed E-state index contributed by atoms with van der Waals surface area (Å²) < 4.78 is 0. The van der Waals surface area contributed by atoms with Crippen LogP contribution < -0.4 is 11.1 Å². The van der Waals surface area contributed by atoms with Crippen molar-refractivity contribution < 1.29 is 4.79 Å². The number of hydrogen-bond donors (Lipinski definition) is 2. The minimum atomic E-state index is -0.265. The van der Waals surface area contributed by atoms with Crippen molar-refractivity contribution in [2.24, 2.45) is 11.7 Å². The van der Waals surface area contributed by atoms with Gasteiger partial charge < -0.3 is 16.0 Å². The molecular weight excluding hydrogens is 250 g/mol. The maximum absolute atomic E-state index is 12.1. The molecule has 4 heteroatoms. The van der Waals surface area contributed by atoms with E-state index in [1.54, 1.807) is 0 Å². The number of hydrogen-bond acceptors (Lipinski definition) is 3. The molecule has 0 aromatic heterocycles. The second kappa shape index (κ2) is 8.02. The first kappa shape index (κ1) is 16.7. The van der Waals surface area contributed by atoms with E-state index in [0.29, 0.717) is 12.6 Å². The van der Waals surface area contributed by atoms with E-state index in [2.05, 4.69) is 31.1 Å². The zero-order valence-corrected chi connectivity index (χ0v) is 13.0. The van der Waals surface area contributed by atoms with Crippen molar-refractivity contribution in [2.45, 2.75) is 32.9 Å². The van der Waals surface area contributed by atoms with Gasteiger partial charge in [-0.2, -0.15) is 0 Å². The van der Waals surface area contributed by atoms with E-state index in [4.69, 9.17) is 5.73 Å². The van der Waals surface area contributed by atoms with Crippen LogP contribution in [-0.2, 0) is 4.79 Å². The van der Waals surface area contributed by atoms with Crippen molar-refractivity contribution in [1.29, 1.82) is 0 Å². The molecular formula is C16H27N3O. The Balaban J connectivity index is 2.43. The lowest BCUT2D eigenvalue weighted by molar-refractivity contribution is -0.125. The maximum Gasteiger partial charge on any atom is 0.224 e. The third kappa shape index (κ3) is 4.94. The van der Waals surface area contributed by atoms with E-state index < -0.39 is 0 Å². The number of carbonyl (C=O) groups is 1. The first-order valence-corrected chi connectivity index (χ1v) is 7.22. The molecule has 1 aromatic carbocycles. The number of rotatable bonds is 7. The monoisotopic (exact) mass is 277 g/mol. The predicted octanol–water partition coefficient (Wildman–Crippen LogP) is 1.78. The summed E-state index contributed by atoms with van der Waals surface area (Å²) in [6.45, 7) is 7.64. The molecule has 0 radical (unpaired) electrons. The quantitative estimate of drug-likeness (QED) is 0.798. The smallest absolute Gasteiger partial charge is 0.224 e. The van der Waals surface area contributed by atoms with Gasteiger partial charge in [-0.25, -0.2) is 0 Å². The van der Waals surface area contributed by atoms with Gasteiger partial charge in [0.25, 0.3) is 0 Å². The summed E-state index contributed by atoms with van der Waals surface area (Å²) in [6.07, 6.45) is 0. The fourth-order valence-corrected chi connectivity index (χ4v) is 1.90. The fraction of sp³-hybridized carbons (Fsp3) is 0.562. The van der Waals surface area contributed by atoms with Gasteiger partial charge in [0, 0.05) is 25.2 Å². The van der Waals surface area contributed by atoms with Gasteiger partial charge in [-0.15, -0.1) is 0 Å². The van der Waals surface area contributed by atoms with E-state index in [9.17, 15) is 4.79 Å². The molecule has 20 heavy (non-hydrogen) atoms. The first-order valence-electron chi connectivity index (χ1n) is 7.22. The maximum atomic E-state index is 12.1. The van der Waals surface area contributed by atoms with Crippen LogP contribution in [0.1, 0.15) is 32.4 Å². The van der Waals surface area contributed by atoms with Crippen LogP contribution in [0.2, 0.25) is 0 Å². The summed E-state index contributed by atoms with van der Waals surface area (Å²) in [5.74, 6) is -0.222. The first-order chi connectivity index (χ1) is 9.43. The Labute approximate surface area is 122 Å². The molecule has 1 rings (SSSR count). The van der Waals surface area contributed by atoms with Gasteiger partial charge in [0.05, 0.1) is 5.92 Å². The lowest BCUT2D eigenvalue weighted by Gasteiger charge is -2.23. The zero-order chi connectivity index (χ0) is 15.1. The normalized spacial score (nSPS) is 14.3. The van der Waals surface area contributed by atoms with Crippen molar-refractivity contribution in [3.8, 4) is 0 Å². The average molecular weight is 277 g/mol. The van der Waals surface area contributed by atoms with Gasteiger partial charge in [-0.3, -0.25) is 4.79 Å². The Morgan fingerprint density at radius 3 is 2.40 bits per heavy atom. The number of nitrogens with two attached hydrogens (primary N) is 1. The lowest BCUT2D eigenvalue weighted by atomic mass is 9.95. The molecule has 1 aromatic rings. The molecule has 0 aliphatic rings. The molecule has 0 aliphatic heterocycles. The van der Waals surface area contributed by atoms with Gasteiger partial charge in [-0.05, 0) is 26.5 Å². The van der Waals surface area contributed by atoms with Gasteiger partial charge in [0.2, 0.25) is 5.91 Å². The fourth-order valence-electron chi connectivity index (χ4n) is 1.90. The summed E-state index contributed by atoms with van der Waals surface area (Å²) in [4.78, 5) is 14.3. The zero-order valence-electron chi connectivity index (χ0n) is 13.0. The van der Waals surface area contributed by atoms with Gasteiger partial charge in [-0.1, -0.05) is 37.3 Å². The highest BCUT2D eigenvalue weighted by Gasteiger charge is 2.21. The highest BCUT2D eigenvalue weighted by atomic mass is 16.1. The Bertz CT molecular complexity index is 405. The largest absolute Gasteiger partial charge is 0.355 e. The molecule has 0 fully saturated rings. The minimum absolute atomic E-state index is 0.0125. The summed E-state index contributed by atoms with van der Waals surface area (Å²) >= 11 is 0. The van der Waals surface area contributed by atoms with Crippen LogP contribution >= 0.6 is 0 Å². The number of nitrogens with one attached hydrogen (secondary N) is 1. The number of nitrogens with zero attached hydrogens (tertiary/aromatic N) is 1. The van der Waals surface area contributed by atoms with Gasteiger partial charge >= 0.3 is 0 Å². The summed E-state index contributed by atoms with van der Waals surface area (Å²) in [7, 11) is 2.05. The van der Waals surface area contributed by atoms with Crippen molar-refractivity contribution in [2.75, 3.05) is 20.1 Å². The molecule has 2 unspecified atom stereocenters. The average Bonchev–Trinajstić information content (AvgIpc) is 2.46. The van der Waals surface area contributed by atoms with E-state index in [-0.39, 0.29) is 17.9 Å². The highest BCUT2D eigenvalue weighted by molar-refractivity contribution is 5.79. The molecule has 0 spiro atoms. The Hall–Kier alpha value is -1.39. The third-order valence-electron chi connectivity index (χ3n) is 3.78. The molecule has 0 aliphatic carbocycles. The molecule has 4 nitrogen and oxygen atoms in total. The second-order valence-electron chi connectivity index (χ2n) is 5.59. The molecule has 0 saturated carbocycles. The predicted molar refractivity (Wildman–Crippen MR) is 83.3 cm³/mol. The molecule has 1 amide bonds. The lowest BCUT2D eigenvalue weighted by Crippen LogP contribution is -2.40. The highest BCUT2D eigenvalue weighted by Crippen LogP contribution is 2.18. The van der Waals surface area contributed by atoms with E-state index in [1.165, 1.54) is 0 Å². The van der Waals surface area contributed by atoms with Crippen LogP contribution in [0.25, 0.3) is 0 Å². The molecule has 0 heterocycles. The van der Waals surface area contributed by atoms with Gasteiger partial charge in [0.1, 0.15) is 0 Å². The third-order valence-corrected chi connectivity index (χ3v) is 3.78. The number of amides is 1. The van der Waals surface area contributed by atoms with Crippen molar-refractivity contribution in [3.63, 3.8) is 0 Å². The van der Waals surface area contributed by atoms with Crippen molar-refractivity contribution >= 4 is 5.91 Å². The number of likely N-dealkylation sites (N-methyl/N-ethyl adjacent to an activating group) is 1. The molecule has 3 N–H and O–H groups in total. The van der Waals surface area contributed by atoms with E-state index >= 15 is 0 Å². The number of carbonyl (C=O) groups excluding carboxylic acids is 1. The Morgan fingerprint density at radius 2 is 1.85 bits per heavy atom. The molecule has 0 bridgehead atoms. The Kier molecular flexibility index (Phi) is 6.68. The summed E-state index contributed by atoms with van der Waals surface area (Å²) in [5.41, 5.74) is 7.14. The minimum Gasteiger partial charge on any atom is -0.355 e. The van der Waals surface area contributed by atoms with Crippen LogP contribution in [-0.4, -0.2) is 37.0 Å². The van der Waals surface area contributed by atoms with Crippen LogP contribution in [0.3, 0.4) is 0 Å². The summed E-state index contributed by atoms with van der Waals surface area (Å²) in [6, 6.07) is 9.97.